The lowest BCUT2D eigenvalue weighted by molar-refractivity contribution is -0.144. The molecule has 0 saturated carbocycles. The number of ether oxygens (including phenoxy) is 2. The predicted molar refractivity (Wildman–Crippen MR) is 62.9 cm³/mol. The van der Waals surface area contributed by atoms with Gasteiger partial charge in [-0.15, -0.1) is 0 Å². The van der Waals surface area contributed by atoms with Gasteiger partial charge in [0.05, 0.1) is 13.1 Å². The lowest BCUT2D eigenvalue weighted by Crippen LogP contribution is -2.42. The number of nitrogens with zero attached hydrogens (tertiary/aromatic N) is 1. The summed E-state index contributed by atoms with van der Waals surface area (Å²) in [6, 6.07) is 0. The summed E-state index contributed by atoms with van der Waals surface area (Å²) in [5, 5.41) is 0. The number of carbonyl (C=O) groups is 1. The van der Waals surface area contributed by atoms with Gasteiger partial charge in [0, 0.05) is 20.8 Å². The summed E-state index contributed by atoms with van der Waals surface area (Å²) >= 11 is 0. The molecule has 0 rings (SSSR count). The third-order valence-electron chi connectivity index (χ3n) is 2.40. The Bertz CT molecular complexity index is 194. The van der Waals surface area contributed by atoms with E-state index in [0.29, 0.717) is 19.0 Å². The van der Waals surface area contributed by atoms with E-state index in [0.717, 1.165) is 6.42 Å². The highest BCUT2D eigenvalue weighted by Crippen LogP contribution is 2.04. The fraction of sp³-hybridized carbons (Fsp3) is 0.909. The van der Waals surface area contributed by atoms with E-state index in [1.807, 2.05) is 0 Å². The van der Waals surface area contributed by atoms with Gasteiger partial charge in [-0.1, -0.05) is 13.8 Å². The average Bonchev–Trinajstić information content (AvgIpc) is 2.28. The normalized spacial score (nSPS) is 11.2. The van der Waals surface area contributed by atoms with Crippen LogP contribution in [0.15, 0.2) is 0 Å². The minimum Gasteiger partial charge on any atom is -0.354 e. The van der Waals surface area contributed by atoms with E-state index >= 15 is 0 Å². The van der Waals surface area contributed by atoms with Crippen LogP contribution in [-0.2, 0) is 14.3 Å². The topological polar surface area (TPSA) is 64.8 Å². The molecule has 0 radical (unpaired) electrons. The molecule has 2 N–H and O–H groups in total. The minimum atomic E-state index is -0.386. The van der Waals surface area contributed by atoms with Crippen LogP contribution in [0.5, 0.6) is 0 Å². The van der Waals surface area contributed by atoms with Crippen molar-refractivity contribution in [2.24, 2.45) is 11.7 Å². The number of methoxy groups -OCH3 is 2. The zero-order valence-electron chi connectivity index (χ0n) is 10.7. The second-order valence-corrected chi connectivity index (χ2v) is 4.13. The first-order valence-corrected chi connectivity index (χ1v) is 5.58. The summed E-state index contributed by atoms with van der Waals surface area (Å²) < 4.78 is 10.1. The summed E-state index contributed by atoms with van der Waals surface area (Å²) in [5.41, 5.74) is 5.37. The molecule has 0 aliphatic carbocycles. The average molecular weight is 232 g/mol. The quantitative estimate of drug-likeness (QED) is 0.617. The summed E-state index contributed by atoms with van der Waals surface area (Å²) in [6.07, 6.45) is 0.564. The monoisotopic (exact) mass is 232 g/mol. The van der Waals surface area contributed by atoms with Crippen molar-refractivity contribution < 1.29 is 14.3 Å². The van der Waals surface area contributed by atoms with E-state index in [4.69, 9.17) is 15.2 Å². The van der Waals surface area contributed by atoms with Gasteiger partial charge >= 0.3 is 0 Å². The summed E-state index contributed by atoms with van der Waals surface area (Å²) in [4.78, 5) is 13.3. The van der Waals surface area contributed by atoms with Crippen LogP contribution in [0.25, 0.3) is 0 Å². The Morgan fingerprint density at radius 1 is 1.31 bits per heavy atom. The second-order valence-electron chi connectivity index (χ2n) is 4.13. The maximum Gasteiger partial charge on any atom is 0.236 e. The van der Waals surface area contributed by atoms with Crippen LogP contribution in [0.4, 0.5) is 0 Å². The van der Waals surface area contributed by atoms with Crippen LogP contribution < -0.4 is 5.73 Å². The van der Waals surface area contributed by atoms with E-state index in [1.165, 1.54) is 0 Å². The van der Waals surface area contributed by atoms with Crippen molar-refractivity contribution in [3.8, 4) is 0 Å². The summed E-state index contributed by atoms with van der Waals surface area (Å²) in [6.45, 7) is 5.38. The maximum atomic E-state index is 11.6. The number of rotatable bonds is 8. The molecule has 0 saturated heterocycles. The van der Waals surface area contributed by atoms with Crippen molar-refractivity contribution in [2.75, 3.05) is 33.9 Å². The molecule has 0 spiro atoms. The van der Waals surface area contributed by atoms with Gasteiger partial charge in [-0.2, -0.15) is 0 Å². The molecule has 96 valence electrons. The van der Waals surface area contributed by atoms with Gasteiger partial charge < -0.3 is 20.1 Å². The molecule has 0 unspecified atom stereocenters. The van der Waals surface area contributed by atoms with Crippen molar-refractivity contribution in [3.63, 3.8) is 0 Å². The molecule has 0 heterocycles. The fourth-order valence-corrected chi connectivity index (χ4v) is 1.29. The molecular formula is C11H24N2O3. The van der Waals surface area contributed by atoms with Gasteiger partial charge in [-0.25, -0.2) is 0 Å². The smallest absolute Gasteiger partial charge is 0.236 e. The second kappa shape index (κ2) is 8.50. The molecule has 0 aromatic heterocycles. The van der Waals surface area contributed by atoms with Crippen LogP contribution in [0.1, 0.15) is 20.3 Å². The van der Waals surface area contributed by atoms with Gasteiger partial charge in [-0.3, -0.25) is 4.79 Å². The lowest BCUT2D eigenvalue weighted by Gasteiger charge is -2.26. The number of carbonyl (C=O) groups excluding carboxylic acids is 1. The van der Waals surface area contributed by atoms with Crippen LogP contribution in [-0.4, -0.2) is 51.0 Å². The van der Waals surface area contributed by atoms with E-state index in [-0.39, 0.29) is 18.7 Å². The molecular weight excluding hydrogens is 208 g/mol. The Morgan fingerprint density at radius 3 is 2.25 bits per heavy atom. The third kappa shape index (κ3) is 6.05. The highest BCUT2D eigenvalue weighted by atomic mass is 16.7. The number of hydrogen-bond donors (Lipinski definition) is 1. The highest BCUT2D eigenvalue weighted by molar-refractivity contribution is 5.78. The molecule has 0 aliphatic heterocycles. The van der Waals surface area contributed by atoms with Crippen LogP contribution >= 0.6 is 0 Å². The molecule has 0 atom stereocenters. The van der Waals surface area contributed by atoms with Crippen LogP contribution in [0.2, 0.25) is 0 Å². The van der Waals surface area contributed by atoms with Gasteiger partial charge in [-0.05, 0) is 12.3 Å². The zero-order chi connectivity index (χ0) is 12.6. The largest absolute Gasteiger partial charge is 0.354 e. The van der Waals surface area contributed by atoms with E-state index in [2.05, 4.69) is 13.8 Å². The van der Waals surface area contributed by atoms with Crippen molar-refractivity contribution in [1.82, 2.24) is 4.90 Å². The molecule has 0 aliphatic rings. The van der Waals surface area contributed by atoms with Crippen molar-refractivity contribution >= 4 is 5.91 Å². The molecule has 16 heavy (non-hydrogen) atoms. The third-order valence-corrected chi connectivity index (χ3v) is 2.40. The molecule has 0 bridgehead atoms. The van der Waals surface area contributed by atoms with E-state index in [9.17, 15) is 4.79 Å². The number of hydrogen-bond acceptors (Lipinski definition) is 4. The predicted octanol–water partition coefficient (Wildman–Crippen LogP) is 0.439. The first kappa shape index (κ1) is 15.3. The Balaban J connectivity index is 4.24. The van der Waals surface area contributed by atoms with Gasteiger partial charge in [0.25, 0.3) is 0 Å². The highest BCUT2D eigenvalue weighted by Gasteiger charge is 2.17. The SMILES string of the molecule is COC(CN(CCC(C)C)C(=O)CN)OC. The van der Waals surface area contributed by atoms with Gasteiger partial charge in [0.2, 0.25) is 5.91 Å². The van der Waals surface area contributed by atoms with Crippen LogP contribution in [0, 0.1) is 5.92 Å². The molecule has 0 aromatic rings. The van der Waals surface area contributed by atoms with Gasteiger partial charge in [0.15, 0.2) is 6.29 Å². The Kier molecular flexibility index (Phi) is 8.15. The number of amides is 1. The zero-order valence-corrected chi connectivity index (χ0v) is 10.7. The molecule has 5 nitrogen and oxygen atoms in total. The molecule has 5 heteroatoms. The van der Waals surface area contributed by atoms with E-state index < -0.39 is 0 Å². The summed E-state index contributed by atoms with van der Waals surface area (Å²) in [7, 11) is 3.11. The Morgan fingerprint density at radius 2 is 1.88 bits per heavy atom. The first-order valence-electron chi connectivity index (χ1n) is 5.58. The van der Waals surface area contributed by atoms with Crippen molar-refractivity contribution in [3.05, 3.63) is 0 Å². The standard InChI is InChI=1S/C11H24N2O3/c1-9(2)5-6-13(10(14)7-12)8-11(15-3)16-4/h9,11H,5-8,12H2,1-4H3. The lowest BCUT2D eigenvalue weighted by atomic mass is 10.1. The first-order chi connectivity index (χ1) is 7.54. The summed E-state index contributed by atoms with van der Waals surface area (Å²) in [5.74, 6) is 0.483. The van der Waals surface area contributed by atoms with Crippen molar-refractivity contribution in [1.29, 1.82) is 0 Å². The van der Waals surface area contributed by atoms with Gasteiger partial charge in [0.1, 0.15) is 0 Å². The Hall–Kier alpha value is -0.650. The van der Waals surface area contributed by atoms with E-state index in [1.54, 1.807) is 19.1 Å². The Labute approximate surface area is 97.9 Å². The van der Waals surface area contributed by atoms with Crippen LogP contribution in [0.3, 0.4) is 0 Å². The number of nitrogens with two attached hydrogens (primary N) is 1. The minimum absolute atomic E-state index is 0.0260. The molecule has 1 amide bonds. The molecule has 0 fully saturated rings. The van der Waals surface area contributed by atoms with Crippen molar-refractivity contribution in [2.45, 2.75) is 26.6 Å². The maximum absolute atomic E-state index is 11.6. The fourth-order valence-electron chi connectivity index (χ4n) is 1.29. The molecule has 0 aromatic carbocycles.